The van der Waals surface area contributed by atoms with E-state index in [0.29, 0.717) is 11.6 Å². The molecular formula is C13H16N2O3S. The monoisotopic (exact) mass is 280 g/mol. The maximum Gasteiger partial charge on any atom is 0.327 e. The second kappa shape index (κ2) is 5.52. The van der Waals surface area contributed by atoms with Gasteiger partial charge in [-0.15, -0.1) is 11.8 Å². The van der Waals surface area contributed by atoms with Crippen molar-refractivity contribution in [1.82, 2.24) is 4.90 Å². The van der Waals surface area contributed by atoms with Gasteiger partial charge in [0.2, 0.25) is 0 Å². The molecule has 0 aliphatic carbocycles. The van der Waals surface area contributed by atoms with E-state index in [1.807, 2.05) is 32.0 Å². The first-order chi connectivity index (χ1) is 9.00. The molecular weight excluding hydrogens is 264 g/mol. The van der Waals surface area contributed by atoms with Crippen molar-refractivity contribution in [3.8, 4) is 0 Å². The Labute approximate surface area is 116 Å². The average Bonchev–Trinajstić information content (AvgIpc) is 2.83. The van der Waals surface area contributed by atoms with E-state index in [0.717, 1.165) is 16.8 Å². The molecule has 0 unspecified atom stereocenters. The van der Waals surface area contributed by atoms with Crippen LogP contribution < -0.4 is 5.32 Å². The standard InChI is InChI=1S/C13H16N2O3S/c1-8-4-3-5-9(2)11(8)14-13(18)15-7-19-6-10(15)12(16)17/h3-5,10H,6-7H2,1-2H3,(H,14,18)(H,16,17)/t10-/m0/s1. The molecule has 19 heavy (non-hydrogen) atoms. The zero-order chi connectivity index (χ0) is 14.0. The summed E-state index contributed by atoms with van der Waals surface area (Å²) in [6.07, 6.45) is 0. The smallest absolute Gasteiger partial charge is 0.327 e. The van der Waals surface area contributed by atoms with E-state index in [9.17, 15) is 9.59 Å². The predicted octanol–water partition coefficient (Wildman–Crippen LogP) is 2.29. The van der Waals surface area contributed by atoms with Gasteiger partial charge in [0, 0.05) is 11.4 Å². The van der Waals surface area contributed by atoms with Gasteiger partial charge in [-0.3, -0.25) is 0 Å². The first-order valence-corrected chi connectivity index (χ1v) is 7.10. The fourth-order valence-electron chi connectivity index (χ4n) is 2.04. The van der Waals surface area contributed by atoms with Crippen molar-refractivity contribution in [3.05, 3.63) is 29.3 Å². The highest BCUT2D eigenvalue weighted by molar-refractivity contribution is 7.99. The highest BCUT2D eigenvalue weighted by atomic mass is 32.2. The Kier molecular flexibility index (Phi) is 3.99. The number of carboxylic acid groups (broad SMARTS) is 1. The van der Waals surface area contributed by atoms with E-state index in [4.69, 9.17) is 5.11 Å². The number of urea groups is 1. The second-order valence-electron chi connectivity index (χ2n) is 4.52. The second-order valence-corrected chi connectivity index (χ2v) is 5.52. The zero-order valence-electron chi connectivity index (χ0n) is 10.8. The van der Waals surface area contributed by atoms with Gasteiger partial charge in [-0.2, -0.15) is 0 Å². The maximum atomic E-state index is 12.2. The van der Waals surface area contributed by atoms with Crippen LogP contribution in [0.2, 0.25) is 0 Å². The molecule has 5 nitrogen and oxygen atoms in total. The van der Waals surface area contributed by atoms with E-state index < -0.39 is 12.0 Å². The third-order valence-electron chi connectivity index (χ3n) is 3.14. The number of rotatable bonds is 2. The molecule has 2 amide bonds. The summed E-state index contributed by atoms with van der Waals surface area (Å²) in [5.74, 6) is -0.106. The number of thioether (sulfide) groups is 1. The highest BCUT2D eigenvalue weighted by Crippen LogP contribution is 2.24. The Bertz CT molecular complexity index is 498. The molecule has 102 valence electrons. The molecule has 1 aliphatic rings. The van der Waals surface area contributed by atoms with Gasteiger partial charge in [-0.25, -0.2) is 9.59 Å². The Morgan fingerprint density at radius 2 is 2.00 bits per heavy atom. The molecule has 1 aliphatic heterocycles. The molecule has 1 aromatic carbocycles. The molecule has 0 radical (unpaired) electrons. The Morgan fingerprint density at radius 3 is 2.58 bits per heavy atom. The van der Waals surface area contributed by atoms with Gasteiger partial charge in [0.25, 0.3) is 0 Å². The van der Waals surface area contributed by atoms with Crippen LogP contribution in [-0.4, -0.2) is 39.7 Å². The molecule has 1 aromatic rings. The van der Waals surface area contributed by atoms with E-state index in [-0.39, 0.29) is 6.03 Å². The lowest BCUT2D eigenvalue weighted by molar-refractivity contribution is -0.140. The van der Waals surface area contributed by atoms with Crippen LogP contribution in [0.3, 0.4) is 0 Å². The van der Waals surface area contributed by atoms with Gasteiger partial charge in [-0.1, -0.05) is 18.2 Å². The quantitative estimate of drug-likeness (QED) is 0.872. The summed E-state index contributed by atoms with van der Waals surface area (Å²) in [6.45, 7) is 3.83. The summed E-state index contributed by atoms with van der Waals surface area (Å²) >= 11 is 1.45. The maximum absolute atomic E-state index is 12.2. The van der Waals surface area contributed by atoms with Crippen LogP contribution in [0.15, 0.2) is 18.2 Å². The minimum atomic E-state index is -0.957. The molecule has 0 spiro atoms. The van der Waals surface area contributed by atoms with Gasteiger partial charge in [0.05, 0.1) is 5.88 Å². The molecule has 6 heteroatoms. The van der Waals surface area contributed by atoms with E-state index in [1.54, 1.807) is 0 Å². The van der Waals surface area contributed by atoms with Crippen molar-refractivity contribution < 1.29 is 14.7 Å². The number of hydrogen-bond acceptors (Lipinski definition) is 3. The summed E-state index contributed by atoms with van der Waals surface area (Å²) in [6, 6.07) is 4.65. The molecule has 0 aromatic heterocycles. The summed E-state index contributed by atoms with van der Waals surface area (Å²) in [7, 11) is 0. The number of carboxylic acids is 1. The van der Waals surface area contributed by atoms with Crippen LogP contribution in [0.5, 0.6) is 0 Å². The SMILES string of the molecule is Cc1cccc(C)c1NC(=O)N1CSC[C@H]1C(=O)O. The number of aryl methyl sites for hydroxylation is 2. The van der Waals surface area contributed by atoms with Crippen LogP contribution >= 0.6 is 11.8 Å². The summed E-state index contributed by atoms with van der Waals surface area (Å²) < 4.78 is 0. The van der Waals surface area contributed by atoms with Crippen molar-refractivity contribution in [2.75, 3.05) is 16.9 Å². The minimum absolute atomic E-state index is 0.352. The van der Waals surface area contributed by atoms with E-state index >= 15 is 0 Å². The number of nitrogens with zero attached hydrogens (tertiary/aromatic N) is 1. The van der Waals surface area contributed by atoms with Crippen LogP contribution in [0.1, 0.15) is 11.1 Å². The van der Waals surface area contributed by atoms with Crippen molar-refractivity contribution in [2.45, 2.75) is 19.9 Å². The molecule has 1 atom stereocenters. The molecule has 1 fully saturated rings. The number of carbonyl (C=O) groups excluding carboxylic acids is 1. The molecule has 1 saturated heterocycles. The van der Waals surface area contributed by atoms with Crippen LogP contribution in [0.25, 0.3) is 0 Å². The lowest BCUT2D eigenvalue weighted by Crippen LogP contribution is -2.44. The fourth-order valence-corrected chi connectivity index (χ4v) is 3.18. The fraction of sp³-hybridized carbons (Fsp3) is 0.385. The normalized spacial score (nSPS) is 18.4. The van der Waals surface area contributed by atoms with E-state index in [2.05, 4.69) is 5.32 Å². The number of hydrogen-bond donors (Lipinski definition) is 2. The molecule has 1 heterocycles. The Balaban J connectivity index is 2.15. The first-order valence-electron chi connectivity index (χ1n) is 5.95. The molecule has 0 saturated carbocycles. The van der Waals surface area contributed by atoms with Gasteiger partial charge >= 0.3 is 12.0 Å². The van der Waals surface area contributed by atoms with Crippen LogP contribution in [0, 0.1) is 13.8 Å². The van der Waals surface area contributed by atoms with Gasteiger partial charge in [0.15, 0.2) is 0 Å². The van der Waals surface area contributed by atoms with Crippen molar-refractivity contribution in [1.29, 1.82) is 0 Å². The Hall–Kier alpha value is -1.69. The lowest BCUT2D eigenvalue weighted by Gasteiger charge is -2.22. The van der Waals surface area contributed by atoms with Gasteiger partial charge < -0.3 is 15.3 Å². The number of amides is 2. The average molecular weight is 280 g/mol. The number of anilines is 1. The summed E-state index contributed by atoms with van der Waals surface area (Å²) in [5, 5.41) is 11.9. The first kappa shape index (κ1) is 13.7. The number of carbonyl (C=O) groups is 2. The summed E-state index contributed by atoms with van der Waals surface area (Å²) in [4.78, 5) is 24.6. The summed E-state index contributed by atoms with van der Waals surface area (Å²) in [5.41, 5.74) is 2.69. The number of nitrogens with one attached hydrogen (secondary N) is 1. The van der Waals surface area contributed by atoms with E-state index in [1.165, 1.54) is 16.7 Å². The van der Waals surface area contributed by atoms with Crippen molar-refractivity contribution >= 4 is 29.4 Å². The molecule has 2 rings (SSSR count). The van der Waals surface area contributed by atoms with Gasteiger partial charge in [0.1, 0.15) is 6.04 Å². The van der Waals surface area contributed by atoms with Gasteiger partial charge in [-0.05, 0) is 25.0 Å². The molecule has 0 bridgehead atoms. The zero-order valence-corrected chi connectivity index (χ0v) is 11.7. The Morgan fingerprint density at radius 1 is 1.37 bits per heavy atom. The number of para-hydroxylation sites is 1. The minimum Gasteiger partial charge on any atom is -0.480 e. The van der Waals surface area contributed by atoms with Crippen molar-refractivity contribution in [3.63, 3.8) is 0 Å². The number of aliphatic carboxylic acids is 1. The van der Waals surface area contributed by atoms with Crippen molar-refractivity contribution in [2.24, 2.45) is 0 Å². The number of benzene rings is 1. The lowest BCUT2D eigenvalue weighted by atomic mass is 10.1. The third kappa shape index (κ3) is 2.84. The van der Waals surface area contributed by atoms with Crippen LogP contribution in [0.4, 0.5) is 10.5 Å². The predicted molar refractivity (Wildman–Crippen MR) is 75.5 cm³/mol. The topological polar surface area (TPSA) is 69.6 Å². The highest BCUT2D eigenvalue weighted by Gasteiger charge is 2.34. The third-order valence-corrected chi connectivity index (χ3v) is 4.15. The van der Waals surface area contributed by atoms with Crippen LogP contribution in [-0.2, 0) is 4.79 Å². The molecule has 2 N–H and O–H groups in total. The largest absolute Gasteiger partial charge is 0.480 e.